The smallest absolute Gasteiger partial charge is 0.0446 e. The largest absolute Gasteiger partial charge is 0.396 e. The van der Waals surface area contributed by atoms with Crippen LogP contribution in [0.1, 0.15) is 17.5 Å². The second-order valence-electron chi connectivity index (χ2n) is 6.51. The van der Waals surface area contributed by atoms with Gasteiger partial charge in [0.1, 0.15) is 0 Å². The molecule has 0 aliphatic carbocycles. The average molecular weight is 377 g/mol. The zero-order valence-electron chi connectivity index (χ0n) is 14.4. The fraction of sp³-hybridized carbons (Fsp3) is 0.400. The van der Waals surface area contributed by atoms with Crippen molar-refractivity contribution in [3.63, 3.8) is 0 Å². The van der Waals surface area contributed by atoms with Gasteiger partial charge >= 0.3 is 0 Å². The number of hydrogen-bond acceptors (Lipinski definition) is 4. The summed E-state index contributed by atoms with van der Waals surface area (Å²) in [6, 6.07) is 12.8. The molecule has 134 valence electrons. The Morgan fingerprint density at radius 2 is 2.08 bits per heavy atom. The van der Waals surface area contributed by atoms with Gasteiger partial charge in [-0.25, -0.2) is 0 Å². The van der Waals surface area contributed by atoms with Gasteiger partial charge in [0.15, 0.2) is 0 Å². The normalized spacial score (nSPS) is 20.1. The van der Waals surface area contributed by atoms with Gasteiger partial charge < -0.3 is 5.11 Å². The van der Waals surface area contributed by atoms with Gasteiger partial charge in [0.25, 0.3) is 0 Å². The maximum absolute atomic E-state index is 9.44. The van der Waals surface area contributed by atoms with Gasteiger partial charge in [-0.1, -0.05) is 41.9 Å². The lowest BCUT2D eigenvalue weighted by atomic mass is 10.1. The highest BCUT2D eigenvalue weighted by molar-refractivity contribution is 7.07. The van der Waals surface area contributed by atoms with Crippen molar-refractivity contribution in [3.8, 4) is 0 Å². The van der Waals surface area contributed by atoms with E-state index in [-0.39, 0.29) is 6.61 Å². The Labute approximate surface area is 159 Å². The van der Waals surface area contributed by atoms with Gasteiger partial charge in [-0.2, -0.15) is 11.3 Å². The van der Waals surface area contributed by atoms with E-state index >= 15 is 0 Å². The average Bonchev–Trinajstić information content (AvgIpc) is 3.11. The van der Waals surface area contributed by atoms with Crippen molar-refractivity contribution in [2.45, 2.75) is 19.0 Å². The maximum atomic E-state index is 9.44. The maximum Gasteiger partial charge on any atom is 0.0446 e. The molecule has 1 N–H and O–H groups in total. The number of rotatable bonds is 7. The Bertz CT molecular complexity index is 660. The quantitative estimate of drug-likeness (QED) is 0.794. The minimum absolute atomic E-state index is 0.228. The first kappa shape index (κ1) is 18.6. The third-order valence-electron chi connectivity index (χ3n) is 4.61. The molecule has 0 bridgehead atoms. The van der Waals surface area contributed by atoms with Crippen LogP contribution in [-0.4, -0.2) is 53.7 Å². The highest BCUT2D eigenvalue weighted by Crippen LogP contribution is 2.20. The highest BCUT2D eigenvalue weighted by atomic mass is 35.5. The molecule has 2 aromatic rings. The fourth-order valence-corrected chi connectivity index (χ4v) is 4.29. The Morgan fingerprint density at radius 1 is 1.24 bits per heavy atom. The summed E-state index contributed by atoms with van der Waals surface area (Å²) < 4.78 is 0. The van der Waals surface area contributed by atoms with Crippen molar-refractivity contribution in [1.29, 1.82) is 0 Å². The molecule has 1 aromatic carbocycles. The number of thiophene rings is 1. The molecule has 5 heteroatoms. The van der Waals surface area contributed by atoms with Crippen LogP contribution in [0.2, 0.25) is 0 Å². The molecule has 1 fully saturated rings. The standard InChI is InChI=1S/C20H25ClN2OS/c21-19(12-17-4-2-1-3-5-17)14-22-8-9-23(20(15-22)6-10-24)13-18-7-11-25-16-18/h1-5,7,11-12,16,20,24H,6,8-10,13-15H2/b19-12-/t20-/m1/s1. The van der Waals surface area contributed by atoms with Crippen LogP contribution in [0.15, 0.2) is 52.2 Å². The third-order valence-corrected chi connectivity index (χ3v) is 5.58. The lowest BCUT2D eigenvalue weighted by Crippen LogP contribution is -2.53. The third kappa shape index (κ3) is 5.66. The molecule has 1 atom stereocenters. The van der Waals surface area contributed by atoms with Crippen LogP contribution in [0.5, 0.6) is 0 Å². The Hall–Kier alpha value is -1.17. The minimum Gasteiger partial charge on any atom is -0.396 e. The first-order valence-electron chi connectivity index (χ1n) is 8.74. The summed E-state index contributed by atoms with van der Waals surface area (Å²) in [7, 11) is 0. The molecular formula is C20H25ClN2OS. The van der Waals surface area contributed by atoms with Crippen LogP contribution in [-0.2, 0) is 6.54 Å². The summed E-state index contributed by atoms with van der Waals surface area (Å²) in [4.78, 5) is 4.88. The van der Waals surface area contributed by atoms with Crippen molar-refractivity contribution in [2.75, 3.05) is 32.8 Å². The van der Waals surface area contributed by atoms with Gasteiger partial charge in [0.2, 0.25) is 0 Å². The summed E-state index contributed by atoms with van der Waals surface area (Å²) in [5, 5.41) is 14.6. The number of aliphatic hydroxyl groups is 1. The van der Waals surface area contributed by atoms with Crippen LogP contribution < -0.4 is 0 Å². The minimum atomic E-state index is 0.228. The van der Waals surface area contributed by atoms with E-state index in [0.29, 0.717) is 6.04 Å². The molecule has 3 nitrogen and oxygen atoms in total. The molecule has 1 aliphatic rings. The molecule has 0 amide bonds. The number of benzene rings is 1. The fourth-order valence-electron chi connectivity index (χ4n) is 3.34. The second-order valence-corrected chi connectivity index (χ2v) is 7.77. The second kappa shape index (κ2) is 9.51. The van der Waals surface area contributed by atoms with Gasteiger partial charge in [0.05, 0.1) is 0 Å². The number of halogens is 1. The lowest BCUT2D eigenvalue weighted by Gasteiger charge is -2.41. The topological polar surface area (TPSA) is 26.7 Å². The molecule has 1 saturated heterocycles. The van der Waals surface area contributed by atoms with Crippen LogP contribution in [0.3, 0.4) is 0 Å². The molecule has 0 spiro atoms. The van der Waals surface area contributed by atoms with E-state index in [4.69, 9.17) is 11.6 Å². The van der Waals surface area contributed by atoms with Crippen LogP contribution in [0.25, 0.3) is 6.08 Å². The Morgan fingerprint density at radius 3 is 2.80 bits per heavy atom. The van der Waals surface area contributed by atoms with Crippen molar-refractivity contribution in [1.82, 2.24) is 9.80 Å². The van der Waals surface area contributed by atoms with Crippen molar-refractivity contribution >= 4 is 29.0 Å². The van der Waals surface area contributed by atoms with E-state index in [2.05, 4.69) is 38.8 Å². The molecule has 1 aromatic heterocycles. The van der Waals surface area contributed by atoms with Gasteiger partial charge in [-0.05, 0) is 40.5 Å². The molecule has 3 rings (SSSR count). The summed E-state index contributed by atoms with van der Waals surface area (Å²) in [5.41, 5.74) is 2.50. The first-order chi connectivity index (χ1) is 12.2. The van der Waals surface area contributed by atoms with Crippen molar-refractivity contribution in [2.24, 2.45) is 0 Å². The zero-order chi connectivity index (χ0) is 17.5. The highest BCUT2D eigenvalue weighted by Gasteiger charge is 2.26. The van der Waals surface area contributed by atoms with E-state index < -0.39 is 0 Å². The molecule has 0 saturated carbocycles. The molecular weight excluding hydrogens is 352 g/mol. The molecule has 1 aliphatic heterocycles. The van der Waals surface area contributed by atoms with E-state index in [9.17, 15) is 5.11 Å². The van der Waals surface area contributed by atoms with Crippen LogP contribution >= 0.6 is 22.9 Å². The number of piperazine rings is 1. The van der Waals surface area contributed by atoms with Crippen molar-refractivity contribution < 1.29 is 5.11 Å². The van der Waals surface area contributed by atoms with Gasteiger partial charge in [-0.15, -0.1) is 0 Å². The van der Waals surface area contributed by atoms with Gasteiger partial charge in [0, 0.05) is 50.4 Å². The van der Waals surface area contributed by atoms with E-state index in [0.717, 1.165) is 49.7 Å². The summed E-state index contributed by atoms with van der Waals surface area (Å²) in [6.07, 6.45) is 2.85. The number of hydrogen-bond donors (Lipinski definition) is 1. The number of nitrogens with zero attached hydrogens (tertiary/aromatic N) is 2. The predicted molar refractivity (Wildman–Crippen MR) is 107 cm³/mol. The predicted octanol–water partition coefficient (Wildman–Crippen LogP) is 3.90. The number of aliphatic hydroxyl groups excluding tert-OH is 1. The van der Waals surface area contributed by atoms with Crippen LogP contribution in [0, 0.1) is 0 Å². The first-order valence-corrected chi connectivity index (χ1v) is 10.1. The van der Waals surface area contributed by atoms with E-state index in [1.54, 1.807) is 11.3 Å². The Kier molecular flexibility index (Phi) is 7.08. The Balaban J connectivity index is 1.58. The van der Waals surface area contributed by atoms with Gasteiger partial charge in [-0.3, -0.25) is 9.80 Å². The summed E-state index contributed by atoms with van der Waals surface area (Å²) in [6.45, 7) is 4.93. The van der Waals surface area contributed by atoms with Crippen molar-refractivity contribution in [3.05, 3.63) is 63.3 Å². The summed E-state index contributed by atoms with van der Waals surface area (Å²) in [5.74, 6) is 0. The monoisotopic (exact) mass is 376 g/mol. The van der Waals surface area contributed by atoms with Crippen LogP contribution in [0.4, 0.5) is 0 Å². The van der Waals surface area contributed by atoms with E-state index in [1.807, 2.05) is 24.3 Å². The molecule has 25 heavy (non-hydrogen) atoms. The van der Waals surface area contributed by atoms with E-state index in [1.165, 1.54) is 5.56 Å². The summed E-state index contributed by atoms with van der Waals surface area (Å²) >= 11 is 8.22. The molecule has 0 unspecified atom stereocenters. The SMILES string of the molecule is OCC[C@@H]1CN(C/C(Cl)=C/c2ccccc2)CCN1Cc1ccsc1. The lowest BCUT2D eigenvalue weighted by molar-refractivity contribution is 0.0593. The zero-order valence-corrected chi connectivity index (χ0v) is 15.9. The molecule has 2 heterocycles. The molecule has 0 radical (unpaired) electrons.